The number of nitrogens with zero attached hydrogens (tertiary/aromatic N) is 1. The number of esters is 1. The third kappa shape index (κ3) is 3.39. The van der Waals surface area contributed by atoms with E-state index in [4.69, 9.17) is 14.2 Å². The van der Waals surface area contributed by atoms with Gasteiger partial charge < -0.3 is 19.1 Å². The van der Waals surface area contributed by atoms with Crippen LogP contribution in [0.1, 0.15) is 41.2 Å². The summed E-state index contributed by atoms with van der Waals surface area (Å²) < 4.78 is 29.8. The molecule has 4 atom stereocenters. The van der Waals surface area contributed by atoms with Gasteiger partial charge >= 0.3 is 5.97 Å². The van der Waals surface area contributed by atoms with Crippen LogP contribution in [0.25, 0.3) is 0 Å². The fourth-order valence-electron chi connectivity index (χ4n) is 4.55. The Balaban J connectivity index is 1.73. The second-order valence-corrected chi connectivity index (χ2v) is 7.79. The van der Waals surface area contributed by atoms with E-state index < -0.39 is 30.2 Å². The molecule has 7 nitrogen and oxygen atoms in total. The van der Waals surface area contributed by atoms with Gasteiger partial charge in [-0.25, -0.2) is 9.18 Å². The Hall–Kier alpha value is -2.74. The van der Waals surface area contributed by atoms with Crippen molar-refractivity contribution in [3.63, 3.8) is 0 Å². The van der Waals surface area contributed by atoms with E-state index in [1.54, 1.807) is 29.2 Å². The number of rotatable bonds is 5. The lowest BCUT2D eigenvalue weighted by molar-refractivity contribution is -0.136. The molecule has 4 rings (SSSR count). The number of halogens is 1. The second kappa shape index (κ2) is 8.18. The molecule has 1 amide bonds. The highest BCUT2D eigenvalue weighted by Gasteiger charge is 2.52. The van der Waals surface area contributed by atoms with Gasteiger partial charge in [0.05, 0.1) is 36.8 Å². The van der Waals surface area contributed by atoms with Gasteiger partial charge in [0.25, 0.3) is 5.91 Å². The van der Waals surface area contributed by atoms with Crippen LogP contribution in [0.3, 0.4) is 0 Å². The number of ether oxygens (including phenoxy) is 3. The monoisotopic (exact) mass is 417 g/mol. The average Bonchev–Trinajstić information content (AvgIpc) is 3.04. The molecule has 30 heavy (non-hydrogen) atoms. The fourth-order valence-corrected chi connectivity index (χ4v) is 4.55. The third-order valence-electron chi connectivity index (χ3n) is 6.06. The minimum atomic E-state index is -1.04. The Kier molecular flexibility index (Phi) is 5.60. The Bertz CT molecular complexity index is 895. The van der Waals surface area contributed by atoms with E-state index >= 15 is 0 Å². The first-order valence-electron chi connectivity index (χ1n) is 10.0. The van der Waals surface area contributed by atoms with E-state index in [2.05, 4.69) is 0 Å². The average molecular weight is 417 g/mol. The number of carbonyl (C=O) groups excluding carboxylic acids is 3. The van der Waals surface area contributed by atoms with E-state index in [0.29, 0.717) is 24.0 Å². The Labute approximate surface area is 173 Å². The lowest BCUT2D eigenvalue weighted by Gasteiger charge is -2.36. The molecule has 4 unspecified atom stereocenters. The SMILES string of the molecule is COCCN1C(=O)C2=C(C(=O)C3CC(F)CCC3O2)C1c1ccc(C(=O)OC)cc1. The molecule has 160 valence electrons. The number of carbonyl (C=O) groups is 3. The molecule has 0 N–H and O–H groups in total. The molecule has 1 aliphatic carbocycles. The zero-order valence-corrected chi connectivity index (χ0v) is 16.9. The summed E-state index contributed by atoms with van der Waals surface area (Å²) in [7, 11) is 2.83. The maximum absolute atomic E-state index is 14.0. The van der Waals surface area contributed by atoms with Crippen LogP contribution in [-0.2, 0) is 23.8 Å². The van der Waals surface area contributed by atoms with Crippen LogP contribution in [0, 0.1) is 5.92 Å². The Morgan fingerprint density at radius 1 is 1.20 bits per heavy atom. The number of fused-ring (bicyclic) bond motifs is 1. The Morgan fingerprint density at radius 3 is 2.60 bits per heavy atom. The van der Waals surface area contributed by atoms with Gasteiger partial charge in [0.15, 0.2) is 11.5 Å². The molecule has 2 heterocycles. The summed E-state index contributed by atoms with van der Waals surface area (Å²) >= 11 is 0. The summed E-state index contributed by atoms with van der Waals surface area (Å²) in [5.74, 6) is -1.58. The number of ketones is 1. The summed E-state index contributed by atoms with van der Waals surface area (Å²) in [6, 6.07) is 5.90. The zero-order chi connectivity index (χ0) is 21.4. The van der Waals surface area contributed by atoms with Crippen molar-refractivity contribution in [2.24, 2.45) is 5.92 Å². The zero-order valence-electron chi connectivity index (χ0n) is 16.9. The minimum absolute atomic E-state index is 0.0664. The molecule has 0 aromatic heterocycles. The second-order valence-electron chi connectivity index (χ2n) is 7.79. The van der Waals surface area contributed by atoms with Gasteiger partial charge in [0.1, 0.15) is 12.3 Å². The van der Waals surface area contributed by atoms with Gasteiger partial charge in [0.2, 0.25) is 0 Å². The number of hydrogen-bond donors (Lipinski definition) is 0. The van der Waals surface area contributed by atoms with Gasteiger partial charge in [-0.15, -0.1) is 0 Å². The minimum Gasteiger partial charge on any atom is -0.483 e. The van der Waals surface area contributed by atoms with E-state index in [-0.39, 0.29) is 42.6 Å². The van der Waals surface area contributed by atoms with Crippen molar-refractivity contribution in [1.29, 1.82) is 0 Å². The standard InChI is InChI=1S/C22H24FNO6/c1-28-10-9-24-18(12-3-5-13(6-4-12)22(27)29-2)17-19(25)15-11-14(23)7-8-16(15)30-20(17)21(24)26/h3-6,14-16,18H,7-11H2,1-2H3. The molecule has 1 aromatic carbocycles. The molecular formula is C22H24FNO6. The van der Waals surface area contributed by atoms with Gasteiger partial charge in [-0.05, 0) is 37.0 Å². The number of alkyl halides is 1. The van der Waals surface area contributed by atoms with Gasteiger partial charge in [-0.3, -0.25) is 9.59 Å². The quantitative estimate of drug-likeness (QED) is 0.684. The molecule has 1 saturated carbocycles. The van der Waals surface area contributed by atoms with Crippen molar-refractivity contribution in [2.75, 3.05) is 27.4 Å². The predicted octanol–water partition coefficient (Wildman–Crippen LogP) is 2.36. The summed E-state index contributed by atoms with van der Waals surface area (Å²) in [5, 5.41) is 0. The van der Waals surface area contributed by atoms with Crippen molar-refractivity contribution in [2.45, 2.75) is 37.6 Å². The first-order chi connectivity index (χ1) is 14.5. The molecule has 0 bridgehead atoms. The topological polar surface area (TPSA) is 82.1 Å². The van der Waals surface area contributed by atoms with Crippen LogP contribution in [-0.4, -0.2) is 62.2 Å². The molecule has 1 fully saturated rings. The summed E-state index contributed by atoms with van der Waals surface area (Å²) in [6.07, 6.45) is -0.646. The number of methoxy groups -OCH3 is 2. The van der Waals surface area contributed by atoms with Crippen molar-refractivity contribution < 1.29 is 33.0 Å². The molecule has 0 spiro atoms. The maximum Gasteiger partial charge on any atom is 0.337 e. The van der Waals surface area contributed by atoms with E-state index in [9.17, 15) is 18.8 Å². The fraction of sp³-hybridized carbons (Fsp3) is 0.500. The molecule has 8 heteroatoms. The van der Waals surface area contributed by atoms with Crippen LogP contribution < -0.4 is 0 Å². The molecule has 0 saturated heterocycles. The van der Waals surface area contributed by atoms with Gasteiger partial charge in [0, 0.05) is 13.7 Å². The van der Waals surface area contributed by atoms with E-state index in [0.717, 1.165) is 0 Å². The van der Waals surface area contributed by atoms with Crippen LogP contribution in [0.2, 0.25) is 0 Å². The molecule has 0 radical (unpaired) electrons. The summed E-state index contributed by atoms with van der Waals surface area (Å²) in [5.41, 5.74) is 1.31. The number of amides is 1. The van der Waals surface area contributed by atoms with Crippen molar-refractivity contribution in [1.82, 2.24) is 4.90 Å². The first kappa shape index (κ1) is 20.5. The molecule has 1 aromatic rings. The predicted molar refractivity (Wildman–Crippen MR) is 103 cm³/mol. The van der Waals surface area contributed by atoms with Crippen molar-refractivity contribution in [3.8, 4) is 0 Å². The lowest BCUT2D eigenvalue weighted by Crippen LogP contribution is -2.42. The third-order valence-corrected chi connectivity index (χ3v) is 6.06. The molecular weight excluding hydrogens is 393 g/mol. The van der Waals surface area contributed by atoms with Crippen LogP contribution in [0.5, 0.6) is 0 Å². The number of Topliss-reactive ketones (excluding diaryl/α,β-unsaturated/α-hetero) is 1. The molecule has 3 aliphatic rings. The van der Waals surface area contributed by atoms with Crippen molar-refractivity contribution in [3.05, 3.63) is 46.7 Å². The normalized spacial score (nSPS) is 28.2. The van der Waals surface area contributed by atoms with E-state index in [1.807, 2.05) is 0 Å². The highest BCUT2D eigenvalue weighted by atomic mass is 19.1. The van der Waals surface area contributed by atoms with Crippen LogP contribution >= 0.6 is 0 Å². The smallest absolute Gasteiger partial charge is 0.337 e. The lowest BCUT2D eigenvalue weighted by atomic mass is 9.77. The van der Waals surface area contributed by atoms with Crippen LogP contribution in [0.15, 0.2) is 35.6 Å². The highest BCUT2D eigenvalue weighted by molar-refractivity contribution is 6.11. The largest absolute Gasteiger partial charge is 0.483 e. The highest BCUT2D eigenvalue weighted by Crippen LogP contribution is 2.46. The van der Waals surface area contributed by atoms with Crippen molar-refractivity contribution >= 4 is 17.7 Å². The maximum atomic E-state index is 14.0. The van der Waals surface area contributed by atoms with Gasteiger partial charge in [-0.2, -0.15) is 0 Å². The van der Waals surface area contributed by atoms with E-state index in [1.165, 1.54) is 14.2 Å². The number of hydrogen-bond acceptors (Lipinski definition) is 6. The summed E-state index contributed by atoms with van der Waals surface area (Å²) in [6.45, 7) is 0.556. The first-order valence-corrected chi connectivity index (χ1v) is 10.0. The Morgan fingerprint density at radius 2 is 1.93 bits per heavy atom. The summed E-state index contributed by atoms with van der Waals surface area (Å²) in [4.78, 5) is 39.8. The van der Waals surface area contributed by atoms with Crippen LogP contribution in [0.4, 0.5) is 4.39 Å². The molecule has 2 aliphatic heterocycles. The van der Waals surface area contributed by atoms with Gasteiger partial charge in [-0.1, -0.05) is 12.1 Å². The number of benzene rings is 1.